The molecular weight excluding hydrogens is 242 g/mol. The summed E-state index contributed by atoms with van der Waals surface area (Å²) in [4.78, 5) is 0. The average molecular weight is 265 g/mol. The van der Waals surface area contributed by atoms with E-state index in [0.717, 1.165) is 32.0 Å². The minimum atomic E-state index is 0.209. The summed E-state index contributed by atoms with van der Waals surface area (Å²) >= 11 is 0. The highest BCUT2D eigenvalue weighted by atomic mass is 16.6. The van der Waals surface area contributed by atoms with Gasteiger partial charge in [-0.15, -0.1) is 0 Å². The standard InChI is InChI=1S/C15H23NO3/c1-3-8-18-13-6-4-12(5-7-13)15(16-2)11-19-14-9-17-10-14/h4-7,14-16H,3,8-11H2,1-2H3. The van der Waals surface area contributed by atoms with E-state index in [1.54, 1.807) is 0 Å². The molecule has 1 N–H and O–H groups in total. The van der Waals surface area contributed by atoms with Crippen LogP contribution in [0.2, 0.25) is 0 Å². The molecular formula is C15H23NO3. The number of benzene rings is 1. The molecule has 0 amide bonds. The summed E-state index contributed by atoms with van der Waals surface area (Å²) in [6.45, 7) is 4.98. The molecule has 1 atom stereocenters. The first-order valence-electron chi connectivity index (χ1n) is 6.93. The predicted molar refractivity (Wildman–Crippen MR) is 74.6 cm³/mol. The minimum absolute atomic E-state index is 0.209. The van der Waals surface area contributed by atoms with Crippen LogP contribution < -0.4 is 10.1 Å². The van der Waals surface area contributed by atoms with Crippen LogP contribution >= 0.6 is 0 Å². The molecule has 1 aromatic rings. The molecule has 19 heavy (non-hydrogen) atoms. The third-order valence-electron chi connectivity index (χ3n) is 3.21. The molecule has 1 saturated heterocycles. The molecule has 0 radical (unpaired) electrons. The van der Waals surface area contributed by atoms with Crippen LogP contribution in [0.5, 0.6) is 5.75 Å². The van der Waals surface area contributed by atoms with Crippen LogP contribution in [-0.2, 0) is 9.47 Å². The Kier molecular flexibility index (Phi) is 5.63. The number of nitrogens with one attached hydrogen (secondary N) is 1. The van der Waals surface area contributed by atoms with Gasteiger partial charge in [0, 0.05) is 0 Å². The van der Waals surface area contributed by atoms with Crippen molar-refractivity contribution in [3.8, 4) is 5.75 Å². The van der Waals surface area contributed by atoms with Crippen molar-refractivity contribution < 1.29 is 14.2 Å². The summed E-state index contributed by atoms with van der Waals surface area (Å²) in [5.74, 6) is 0.925. The van der Waals surface area contributed by atoms with E-state index in [1.807, 2.05) is 19.2 Å². The second-order valence-corrected chi connectivity index (χ2v) is 4.75. The lowest BCUT2D eigenvalue weighted by molar-refractivity contribution is -0.133. The van der Waals surface area contributed by atoms with Gasteiger partial charge in [0.05, 0.1) is 32.5 Å². The first-order valence-corrected chi connectivity index (χ1v) is 6.93. The smallest absolute Gasteiger partial charge is 0.119 e. The number of hydrogen-bond acceptors (Lipinski definition) is 4. The second-order valence-electron chi connectivity index (χ2n) is 4.75. The topological polar surface area (TPSA) is 39.7 Å². The van der Waals surface area contributed by atoms with Crippen molar-refractivity contribution in [1.82, 2.24) is 5.32 Å². The summed E-state index contributed by atoms with van der Waals surface area (Å²) in [7, 11) is 1.95. The Bertz CT molecular complexity index is 362. The molecule has 2 rings (SSSR count). The van der Waals surface area contributed by atoms with Crippen LogP contribution in [0.4, 0.5) is 0 Å². The fourth-order valence-corrected chi connectivity index (χ4v) is 1.91. The lowest BCUT2D eigenvalue weighted by Gasteiger charge is -2.28. The fraction of sp³-hybridized carbons (Fsp3) is 0.600. The van der Waals surface area contributed by atoms with E-state index in [-0.39, 0.29) is 12.1 Å². The van der Waals surface area contributed by atoms with Crippen LogP contribution in [0.25, 0.3) is 0 Å². The maximum absolute atomic E-state index is 5.76. The van der Waals surface area contributed by atoms with Crippen LogP contribution in [0.15, 0.2) is 24.3 Å². The SMILES string of the molecule is CCCOc1ccc(C(COC2COC2)NC)cc1. The molecule has 106 valence electrons. The van der Waals surface area contributed by atoms with Gasteiger partial charge in [-0.05, 0) is 31.2 Å². The van der Waals surface area contributed by atoms with E-state index in [2.05, 4.69) is 24.4 Å². The molecule has 0 aliphatic carbocycles. The molecule has 4 heteroatoms. The number of ether oxygens (including phenoxy) is 3. The van der Waals surface area contributed by atoms with Crippen molar-refractivity contribution in [3.63, 3.8) is 0 Å². The lowest BCUT2D eigenvalue weighted by Crippen LogP contribution is -2.38. The van der Waals surface area contributed by atoms with Gasteiger partial charge in [-0.1, -0.05) is 19.1 Å². The summed E-state index contributed by atoms with van der Waals surface area (Å²) < 4.78 is 16.4. The molecule has 1 aromatic carbocycles. The molecule has 1 heterocycles. The zero-order valence-corrected chi connectivity index (χ0v) is 11.7. The quantitative estimate of drug-likeness (QED) is 0.782. The van der Waals surface area contributed by atoms with E-state index in [0.29, 0.717) is 6.61 Å². The second kappa shape index (κ2) is 7.48. The summed E-state index contributed by atoms with van der Waals surface area (Å²) in [5, 5.41) is 3.28. The maximum Gasteiger partial charge on any atom is 0.119 e. The van der Waals surface area contributed by atoms with Gasteiger partial charge in [-0.2, -0.15) is 0 Å². The van der Waals surface area contributed by atoms with Crippen LogP contribution in [0.1, 0.15) is 24.9 Å². The van der Waals surface area contributed by atoms with Crippen LogP contribution in [-0.4, -0.2) is 39.6 Å². The summed E-state index contributed by atoms with van der Waals surface area (Å²) in [5.41, 5.74) is 1.21. The Morgan fingerprint density at radius 2 is 2.05 bits per heavy atom. The van der Waals surface area contributed by atoms with Crippen molar-refractivity contribution in [2.75, 3.05) is 33.5 Å². The summed E-state index contributed by atoms with van der Waals surface area (Å²) in [6.07, 6.45) is 1.29. The van der Waals surface area contributed by atoms with E-state index in [4.69, 9.17) is 14.2 Å². The minimum Gasteiger partial charge on any atom is -0.494 e. The highest BCUT2D eigenvalue weighted by molar-refractivity contribution is 5.29. The van der Waals surface area contributed by atoms with Crippen LogP contribution in [0.3, 0.4) is 0 Å². The molecule has 0 saturated carbocycles. The van der Waals surface area contributed by atoms with Crippen molar-refractivity contribution in [3.05, 3.63) is 29.8 Å². The molecule has 1 aliphatic heterocycles. The van der Waals surface area contributed by atoms with Gasteiger partial charge in [0.2, 0.25) is 0 Å². The highest BCUT2D eigenvalue weighted by Crippen LogP contribution is 2.19. The van der Waals surface area contributed by atoms with Crippen molar-refractivity contribution >= 4 is 0 Å². The molecule has 4 nitrogen and oxygen atoms in total. The fourth-order valence-electron chi connectivity index (χ4n) is 1.91. The predicted octanol–water partition coefficient (Wildman–Crippen LogP) is 2.15. The lowest BCUT2D eigenvalue weighted by atomic mass is 10.1. The molecule has 0 aromatic heterocycles. The van der Waals surface area contributed by atoms with Gasteiger partial charge >= 0.3 is 0 Å². The van der Waals surface area contributed by atoms with Gasteiger partial charge in [0.25, 0.3) is 0 Å². The first-order chi connectivity index (χ1) is 9.33. The van der Waals surface area contributed by atoms with Crippen molar-refractivity contribution in [1.29, 1.82) is 0 Å². The number of likely N-dealkylation sites (N-methyl/N-ethyl adjacent to an activating group) is 1. The number of hydrogen-bond donors (Lipinski definition) is 1. The van der Waals surface area contributed by atoms with Gasteiger partial charge in [0.1, 0.15) is 11.9 Å². The Morgan fingerprint density at radius 1 is 1.32 bits per heavy atom. The zero-order chi connectivity index (χ0) is 13.5. The van der Waals surface area contributed by atoms with Gasteiger partial charge < -0.3 is 19.5 Å². The summed E-state index contributed by atoms with van der Waals surface area (Å²) in [6, 6.07) is 8.42. The van der Waals surface area contributed by atoms with Crippen LogP contribution in [0, 0.1) is 0 Å². The van der Waals surface area contributed by atoms with E-state index in [1.165, 1.54) is 5.56 Å². The zero-order valence-electron chi connectivity index (χ0n) is 11.7. The molecule has 0 spiro atoms. The maximum atomic E-state index is 5.76. The molecule has 0 bridgehead atoms. The van der Waals surface area contributed by atoms with Gasteiger partial charge in [-0.3, -0.25) is 0 Å². The Labute approximate surface area is 115 Å². The molecule has 1 fully saturated rings. The Balaban J connectivity index is 1.86. The van der Waals surface area contributed by atoms with E-state index in [9.17, 15) is 0 Å². The average Bonchev–Trinajstić information content (AvgIpc) is 2.40. The van der Waals surface area contributed by atoms with Crippen molar-refractivity contribution in [2.24, 2.45) is 0 Å². The third kappa shape index (κ3) is 4.20. The van der Waals surface area contributed by atoms with Gasteiger partial charge in [0.15, 0.2) is 0 Å². The first kappa shape index (κ1) is 14.3. The normalized spacial score (nSPS) is 16.9. The Morgan fingerprint density at radius 3 is 2.58 bits per heavy atom. The third-order valence-corrected chi connectivity index (χ3v) is 3.21. The van der Waals surface area contributed by atoms with Gasteiger partial charge in [-0.25, -0.2) is 0 Å². The van der Waals surface area contributed by atoms with E-state index >= 15 is 0 Å². The monoisotopic (exact) mass is 265 g/mol. The van der Waals surface area contributed by atoms with Crippen molar-refractivity contribution in [2.45, 2.75) is 25.5 Å². The van der Waals surface area contributed by atoms with E-state index < -0.39 is 0 Å². The highest BCUT2D eigenvalue weighted by Gasteiger charge is 2.20. The number of rotatable bonds is 8. The Hall–Kier alpha value is -1.10. The molecule has 1 aliphatic rings. The largest absolute Gasteiger partial charge is 0.494 e. The molecule has 1 unspecified atom stereocenters.